The highest BCUT2D eigenvalue weighted by molar-refractivity contribution is 7.85. The molecular weight excluding hydrogens is 322 g/mol. The van der Waals surface area contributed by atoms with Gasteiger partial charge in [-0.3, -0.25) is 4.79 Å². The average Bonchev–Trinajstić information content (AvgIpc) is 2.61. The molecule has 0 unspecified atom stereocenters. The van der Waals surface area contributed by atoms with Crippen molar-refractivity contribution in [1.82, 2.24) is 15.1 Å². The molecular formula is C17H23N5OS. The SMILES string of the molecule is C/C=C\C(N=C(C)N1CCN(c2cccnn2)CC1)=C(/S)C(C)=O. The molecule has 1 aliphatic rings. The van der Waals surface area contributed by atoms with Crippen molar-refractivity contribution >= 4 is 30.1 Å². The maximum Gasteiger partial charge on any atom is 0.168 e. The number of hydrogen-bond acceptors (Lipinski definition) is 6. The first-order valence-corrected chi connectivity index (χ1v) is 8.37. The number of allylic oxidation sites excluding steroid dienone is 3. The minimum Gasteiger partial charge on any atom is -0.357 e. The van der Waals surface area contributed by atoms with Gasteiger partial charge >= 0.3 is 0 Å². The summed E-state index contributed by atoms with van der Waals surface area (Å²) in [7, 11) is 0. The molecule has 0 N–H and O–H groups in total. The van der Waals surface area contributed by atoms with Gasteiger partial charge in [-0.05, 0) is 39.0 Å². The van der Waals surface area contributed by atoms with Gasteiger partial charge in [0, 0.05) is 32.4 Å². The zero-order valence-corrected chi connectivity index (χ0v) is 15.2. The maximum absolute atomic E-state index is 11.5. The van der Waals surface area contributed by atoms with Crippen LogP contribution in [0.4, 0.5) is 5.82 Å². The molecule has 0 amide bonds. The zero-order valence-electron chi connectivity index (χ0n) is 14.3. The molecule has 128 valence electrons. The van der Waals surface area contributed by atoms with E-state index in [4.69, 9.17) is 0 Å². The third-order valence-electron chi connectivity index (χ3n) is 3.80. The molecule has 1 aromatic heterocycles. The number of piperazine rings is 1. The number of amidine groups is 1. The van der Waals surface area contributed by atoms with Crippen LogP contribution in [0.5, 0.6) is 0 Å². The van der Waals surface area contributed by atoms with Gasteiger partial charge in [0.05, 0.1) is 10.6 Å². The first-order chi connectivity index (χ1) is 11.5. The number of aromatic nitrogens is 2. The number of carbonyl (C=O) groups excluding carboxylic acids is 1. The van der Waals surface area contributed by atoms with Crippen LogP contribution in [-0.2, 0) is 4.79 Å². The van der Waals surface area contributed by atoms with Crippen molar-refractivity contribution in [3.05, 3.63) is 41.1 Å². The summed E-state index contributed by atoms with van der Waals surface area (Å²) in [5, 5.41) is 8.08. The van der Waals surface area contributed by atoms with Gasteiger partial charge < -0.3 is 9.80 Å². The number of aliphatic imine (C=N–C) groups is 1. The highest BCUT2D eigenvalue weighted by atomic mass is 32.1. The highest BCUT2D eigenvalue weighted by Gasteiger charge is 2.19. The molecule has 2 heterocycles. The third-order valence-corrected chi connectivity index (χ3v) is 4.35. The lowest BCUT2D eigenvalue weighted by Crippen LogP contribution is -2.48. The molecule has 7 heteroatoms. The van der Waals surface area contributed by atoms with E-state index in [1.165, 1.54) is 6.92 Å². The number of carbonyl (C=O) groups is 1. The summed E-state index contributed by atoms with van der Waals surface area (Å²) in [6, 6.07) is 3.86. The summed E-state index contributed by atoms with van der Waals surface area (Å²) in [4.78, 5) is 20.9. The van der Waals surface area contributed by atoms with Crippen LogP contribution in [0.3, 0.4) is 0 Å². The average molecular weight is 345 g/mol. The van der Waals surface area contributed by atoms with Gasteiger partial charge in [0.2, 0.25) is 0 Å². The van der Waals surface area contributed by atoms with Crippen LogP contribution in [0.15, 0.2) is 46.1 Å². The Morgan fingerprint density at radius 2 is 2.00 bits per heavy atom. The molecule has 0 saturated carbocycles. The van der Waals surface area contributed by atoms with E-state index in [2.05, 4.69) is 37.6 Å². The van der Waals surface area contributed by atoms with Gasteiger partial charge in [0.15, 0.2) is 11.6 Å². The minimum atomic E-state index is -0.0875. The summed E-state index contributed by atoms with van der Waals surface area (Å²) in [5.41, 5.74) is 0.599. The topological polar surface area (TPSA) is 61.7 Å². The van der Waals surface area contributed by atoms with Crippen LogP contribution in [0.25, 0.3) is 0 Å². The number of thiol groups is 1. The van der Waals surface area contributed by atoms with E-state index in [1.807, 2.05) is 38.1 Å². The lowest BCUT2D eigenvalue weighted by molar-refractivity contribution is -0.113. The largest absolute Gasteiger partial charge is 0.357 e. The number of nitrogens with zero attached hydrogens (tertiary/aromatic N) is 5. The highest BCUT2D eigenvalue weighted by Crippen LogP contribution is 2.16. The van der Waals surface area contributed by atoms with E-state index in [9.17, 15) is 4.79 Å². The second kappa shape index (κ2) is 8.63. The van der Waals surface area contributed by atoms with Gasteiger partial charge in [-0.25, -0.2) is 4.99 Å². The first-order valence-electron chi connectivity index (χ1n) is 7.92. The Bertz CT molecular complexity index is 661. The lowest BCUT2D eigenvalue weighted by Gasteiger charge is -2.36. The van der Waals surface area contributed by atoms with Crippen molar-refractivity contribution in [2.75, 3.05) is 31.1 Å². The quantitative estimate of drug-likeness (QED) is 0.298. The second-order valence-corrected chi connectivity index (χ2v) is 5.95. The van der Waals surface area contributed by atoms with Crippen molar-refractivity contribution in [3.63, 3.8) is 0 Å². The van der Waals surface area contributed by atoms with Crippen molar-refractivity contribution in [1.29, 1.82) is 0 Å². The molecule has 1 fully saturated rings. The Hall–Kier alpha value is -2.15. The van der Waals surface area contributed by atoms with Gasteiger partial charge in [0.1, 0.15) is 5.84 Å². The molecule has 0 atom stereocenters. The minimum absolute atomic E-state index is 0.0875. The molecule has 1 saturated heterocycles. The van der Waals surface area contributed by atoms with Crippen LogP contribution in [0.2, 0.25) is 0 Å². The number of ketones is 1. The van der Waals surface area contributed by atoms with Gasteiger partial charge in [0.25, 0.3) is 0 Å². The normalized spacial score (nSPS) is 17.2. The van der Waals surface area contributed by atoms with E-state index in [0.29, 0.717) is 10.6 Å². The molecule has 2 rings (SSSR count). The molecule has 0 radical (unpaired) electrons. The fourth-order valence-corrected chi connectivity index (χ4v) is 2.60. The number of Topliss-reactive ketones (excluding diaryl/α,β-unsaturated/α-hetero) is 1. The lowest BCUT2D eigenvalue weighted by atomic mass is 10.3. The van der Waals surface area contributed by atoms with E-state index >= 15 is 0 Å². The first kappa shape index (κ1) is 18.2. The Kier molecular flexibility index (Phi) is 6.54. The molecule has 24 heavy (non-hydrogen) atoms. The van der Waals surface area contributed by atoms with E-state index in [0.717, 1.165) is 37.8 Å². The van der Waals surface area contributed by atoms with Crippen molar-refractivity contribution in [2.45, 2.75) is 20.8 Å². The standard InChI is InChI=1S/C17H23N5OS/c1-4-6-15(17(24)13(2)23)19-14(3)21-9-11-22(12-10-21)16-7-5-8-18-20-16/h4-8,24H,9-12H2,1-3H3/b6-4-,17-15+,19-14?. The van der Waals surface area contributed by atoms with Gasteiger partial charge in [-0.1, -0.05) is 6.08 Å². The Morgan fingerprint density at radius 1 is 1.29 bits per heavy atom. The smallest absolute Gasteiger partial charge is 0.168 e. The fourth-order valence-electron chi connectivity index (χ4n) is 2.47. The Balaban J connectivity index is 2.07. The molecule has 0 spiro atoms. The second-order valence-electron chi connectivity index (χ2n) is 5.51. The summed E-state index contributed by atoms with van der Waals surface area (Å²) < 4.78 is 0. The van der Waals surface area contributed by atoms with E-state index in [-0.39, 0.29) is 5.78 Å². The van der Waals surface area contributed by atoms with Crippen LogP contribution in [-0.4, -0.2) is 52.9 Å². The van der Waals surface area contributed by atoms with Crippen molar-refractivity contribution in [2.24, 2.45) is 4.99 Å². The van der Waals surface area contributed by atoms with E-state index < -0.39 is 0 Å². The third kappa shape index (κ3) is 4.67. The molecule has 6 nitrogen and oxygen atoms in total. The van der Waals surface area contributed by atoms with Crippen molar-refractivity contribution in [3.8, 4) is 0 Å². The van der Waals surface area contributed by atoms with Gasteiger partial charge in [-0.2, -0.15) is 5.10 Å². The summed E-state index contributed by atoms with van der Waals surface area (Å²) in [6.07, 6.45) is 5.34. The van der Waals surface area contributed by atoms with Crippen LogP contribution >= 0.6 is 12.6 Å². The summed E-state index contributed by atoms with van der Waals surface area (Å²) >= 11 is 4.28. The van der Waals surface area contributed by atoms with Crippen LogP contribution < -0.4 is 4.90 Å². The Labute approximate surface area is 148 Å². The summed E-state index contributed by atoms with van der Waals surface area (Å²) in [5.74, 6) is 1.70. The van der Waals surface area contributed by atoms with Crippen LogP contribution in [0, 0.1) is 0 Å². The fraction of sp³-hybridized carbons (Fsp3) is 0.412. The molecule has 1 aromatic rings. The zero-order chi connectivity index (χ0) is 17.5. The molecule has 0 bridgehead atoms. The monoisotopic (exact) mass is 345 g/mol. The predicted octanol–water partition coefficient (Wildman–Crippen LogP) is 2.32. The maximum atomic E-state index is 11.5. The van der Waals surface area contributed by atoms with E-state index in [1.54, 1.807) is 6.20 Å². The predicted molar refractivity (Wildman–Crippen MR) is 100 cm³/mol. The number of rotatable bonds is 4. The Morgan fingerprint density at radius 3 is 2.54 bits per heavy atom. The molecule has 0 aromatic carbocycles. The van der Waals surface area contributed by atoms with Crippen LogP contribution in [0.1, 0.15) is 20.8 Å². The van der Waals surface area contributed by atoms with Gasteiger partial charge in [-0.15, -0.1) is 17.7 Å². The number of hydrogen-bond donors (Lipinski definition) is 1. The number of anilines is 1. The summed E-state index contributed by atoms with van der Waals surface area (Å²) in [6.45, 7) is 8.75. The molecule has 0 aliphatic carbocycles. The van der Waals surface area contributed by atoms with Crippen molar-refractivity contribution < 1.29 is 4.79 Å². The molecule has 1 aliphatic heterocycles.